The van der Waals surface area contributed by atoms with Gasteiger partial charge in [0.05, 0.1) is 18.8 Å². The lowest BCUT2D eigenvalue weighted by Gasteiger charge is -2.34. The number of alkyl halides is 3. The summed E-state index contributed by atoms with van der Waals surface area (Å²) < 4.78 is 46.1. The molecule has 1 heterocycles. The number of para-hydroxylation sites is 2. The molecule has 0 bridgehead atoms. The molecule has 1 aliphatic heterocycles. The summed E-state index contributed by atoms with van der Waals surface area (Å²) >= 11 is 0. The van der Waals surface area contributed by atoms with Gasteiger partial charge in [-0.2, -0.15) is 0 Å². The van der Waals surface area contributed by atoms with E-state index >= 15 is 0 Å². The summed E-state index contributed by atoms with van der Waals surface area (Å²) in [6.07, 6.45) is -5.56. The number of carbonyl (C=O) groups is 2. The molecule has 0 saturated carbocycles. The van der Waals surface area contributed by atoms with Gasteiger partial charge in [-0.1, -0.05) is 12.1 Å². The third-order valence-corrected chi connectivity index (χ3v) is 4.11. The molecule has 0 saturated heterocycles. The predicted octanol–water partition coefficient (Wildman–Crippen LogP) is 2.54. The number of carbonyl (C=O) groups excluding carboxylic acids is 2. The number of likely N-dealkylation sites (N-methyl/N-ethyl adjacent to an activating group) is 1. The number of amides is 2. The summed E-state index contributed by atoms with van der Waals surface area (Å²) in [6.45, 7) is 0.0944. The molecule has 154 valence electrons. The fourth-order valence-corrected chi connectivity index (χ4v) is 2.87. The maximum absolute atomic E-state index is 12.4. The van der Waals surface area contributed by atoms with Crippen LogP contribution in [0.5, 0.6) is 11.5 Å². The Kier molecular flexibility index (Phi) is 5.81. The van der Waals surface area contributed by atoms with E-state index < -0.39 is 18.4 Å². The van der Waals surface area contributed by atoms with E-state index in [4.69, 9.17) is 4.74 Å². The van der Waals surface area contributed by atoms with E-state index in [2.05, 4.69) is 15.4 Å². The topological polar surface area (TPSA) is 79.9 Å². The number of hydrogen-bond donors (Lipinski definition) is 2. The van der Waals surface area contributed by atoms with E-state index in [1.807, 2.05) is 0 Å². The molecule has 0 spiro atoms. The highest BCUT2D eigenvalue weighted by atomic mass is 19.4. The molecule has 2 N–H and O–H groups in total. The Hall–Kier alpha value is -3.43. The highest BCUT2D eigenvalue weighted by Gasteiger charge is 2.32. The number of anilines is 2. The molecule has 1 atom stereocenters. The zero-order chi connectivity index (χ0) is 21.0. The Morgan fingerprint density at radius 1 is 1.17 bits per heavy atom. The molecule has 0 fully saturated rings. The number of hydrogen-bond acceptors (Lipinski definition) is 5. The van der Waals surface area contributed by atoms with Gasteiger partial charge in [0.1, 0.15) is 11.5 Å². The summed E-state index contributed by atoms with van der Waals surface area (Å²) in [5.74, 6) is -0.619. The lowest BCUT2D eigenvalue weighted by molar-refractivity contribution is -0.274. The first-order valence-corrected chi connectivity index (χ1v) is 8.63. The van der Waals surface area contributed by atoms with Crippen molar-refractivity contribution in [3.8, 4) is 11.5 Å². The van der Waals surface area contributed by atoms with Gasteiger partial charge in [0, 0.05) is 12.7 Å². The van der Waals surface area contributed by atoms with Crippen molar-refractivity contribution in [3.05, 3.63) is 48.5 Å². The fraction of sp³-hybridized carbons (Fsp3) is 0.263. The quantitative estimate of drug-likeness (QED) is 0.794. The second-order valence-electron chi connectivity index (χ2n) is 6.19. The van der Waals surface area contributed by atoms with Crippen LogP contribution in [-0.4, -0.2) is 44.4 Å². The van der Waals surface area contributed by atoms with Gasteiger partial charge in [0.15, 0.2) is 6.10 Å². The van der Waals surface area contributed by atoms with Crippen molar-refractivity contribution >= 4 is 23.2 Å². The molecule has 1 aliphatic rings. The van der Waals surface area contributed by atoms with Crippen molar-refractivity contribution in [1.82, 2.24) is 5.32 Å². The molecular weight excluding hydrogens is 391 g/mol. The first kappa shape index (κ1) is 20.3. The zero-order valence-electron chi connectivity index (χ0n) is 15.3. The summed E-state index contributed by atoms with van der Waals surface area (Å²) in [5.41, 5.74) is 0.977. The van der Waals surface area contributed by atoms with Gasteiger partial charge in [0.25, 0.3) is 5.91 Å². The Labute approximate surface area is 164 Å². The molecule has 7 nitrogen and oxygen atoms in total. The Morgan fingerprint density at radius 2 is 1.86 bits per heavy atom. The van der Waals surface area contributed by atoms with Crippen LogP contribution in [-0.2, 0) is 9.59 Å². The van der Waals surface area contributed by atoms with Crippen LogP contribution in [0.3, 0.4) is 0 Å². The molecule has 10 heteroatoms. The van der Waals surface area contributed by atoms with Crippen molar-refractivity contribution in [2.75, 3.05) is 30.4 Å². The standard InChI is InChI=1S/C19H18F3N3O4/c1-23-18(27)16-10-25(14-4-2-3-5-15(14)28-16)11-17(26)24-12-6-8-13(9-7-12)29-19(20,21)22/h2-9,16H,10-11H2,1H3,(H,23,27)(H,24,26)/t16-/m0/s1. The first-order valence-electron chi connectivity index (χ1n) is 8.63. The second kappa shape index (κ2) is 8.29. The van der Waals surface area contributed by atoms with Gasteiger partial charge in [0.2, 0.25) is 5.91 Å². The van der Waals surface area contributed by atoms with Crippen molar-refractivity contribution < 1.29 is 32.2 Å². The van der Waals surface area contributed by atoms with Crippen LogP contribution >= 0.6 is 0 Å². The third kappa shape index (κ3) is 5.31. The minimum atomic E-state index is -4.78. The third-order valence-electron chi connectivity index (χ3n) is 4.11. The Bertz CT molecular complexity index is 887. The molecule has 0 radical (unpaired) electrons. The normalized spacial score (nSPS) is 15.7. The fourth-order valence-electron chi connectivity index (χ4n) is 2.87. The molecule has 0 aromatic heterocycles. The van der Waals surface area contributed by atoms with Crippen LogP contribution in [0.1, 0.15) is 0 Å². The van der Waals surface area contributed by atoms with Gasteiger partial charge in [-0.25, -0.2) is 0 Å². The summed E-state index contributed by atoms with van der Waals surface area (Å²) in [6, 6.07) is 11.8. The van der Waals surface area contributed by atoms with Crippen LogP contribution in [0, 0.1) is 0 Å². The van der Waals surface area contributed by atoms with E-state index in [0.717, 1.165) is 12.1 Å². The van der Waals surface area contributed by atoms with Gasteiger partial charge in [-0.3, -0.25) is 9.59 Å². The van der Waals surface area contributed by atoms with Crippen LogP contribution in [0.15, 0.2) is 48.5 Å². The minimum absolute atomic E-state index is 0.0747. The smallest absolute Gasteiger partial charge is 0.477 e. The molecule has 3 rings (SSSR count). The van der Waals surface area contributed by atoms with Gasteiger partial charge < -0.3 is 25.0 Å². The number of rotatable bonds is 5. The summed E-state index contributed by atoms with van der Waals surface area (Å²) in [4.78, 5) is 26.1. The largest absolute Gasteiger partial charge is 0.573 e. The van der Waals surface area contributed by atoms with Crippen LogP contribution in [0.25, 0.3) is 0 Å². The molecule has 29 heavy (non-hydrogen) atoms. The predicted molar refractivity (Wildman–Crippen MR) is 98.9 cm³/mol. The van der Waals surface area contributed by atoms with Gasteiger partial charge in [-0.05, 0) is 36.4 Å². The summed E-state index contributed by atoms with van der Waals surface area (Å²) in [7, 11) is 1.50. The Morgan fingerprint density at radius 3 is 2.52 bits per heavy atom. The SMILES string of the molecule is CNC(=O)[C@@H]1CN(CC(=O)Nc2ccc(OC(F)(F)F)cc2)c2ccccc2O1. The van der Waals surface area contributed by atoms with Crippen LogP contribution < -0.4 is 25.0 Å². The maximum Gasteiger partial charge on any atom is 0.573 e. The van der Waals surface area contributed by atoms with E-state index in [9.17, 15) is 22.8 Å². The zero-order valence-corrected chi connectivity index (χ0v) is 15.3. The molecule has 2 aromatic rings. The molecule has 2 aromatic carbocycles. The lowest BCUT2D eigenvalue weighted by atomic mass is 10.1. The summed E-state index contributed by atoms with van der Waals surface area (Å²) in [5, 5.41) is 5.13. The van der Waals surface area contributed by atoms with Gasteiger partial charge in [-0.15, -0.1) is 13.2 Å². The number of ether oxygens (including phenoxy) is 2. The first-order chi connectivity index (χ1) is 13.7. The molecule has 0 unspecified atom stereocenters. The van der Waals surface area contributed by atoms with E-state index in [0.29, 0.717) is 17.1 Å². The monoisotopic (exact) mass is 409 g/mol. The van der Waals surface area contributed by atoms with Crippen LogP contribution in [0.4, 0.5) is 24.5 Å². The lowest BCUT2D eigenvalue weighted by Crippen LogP contribution is -2.50. The Balaban J connectivity index is 1.67. The number of halogens is 3. The number of fused-ring (bicyclic) bond motifs is 1. The highest BCUT2D eigenvalue weighted by molar-refractivity contribution is 5.95. The highest BCUT2D eigenvalue weighted by Crippen LogP contribution is 2.33. The van der Waals surface area contributed by atoms with Crippen molar-refractivity contribution in [3.63, 3.8) is 0 Å². The van der Waals surface area contributed by atoms with Gasteiger partial charge >= 0.3 is 6.36 Å². The van der Waals surface area contributed by atoms with Crippen LogP contribution in [0.2, 0.25) is 0 Å². The van der Waals surface area contributed by atoms with Crippen molar-refractivity contribution in [1.29, 1.82) is 0 Å². The maximum atomic E-state index is 12.4. The van der Waals surface area contributed by atoms with Crippen molar-refractivity contribution in [2.45, 2.75) is 12.5 Å². The molecular formula is C19H18F3N3O4. The average molecular weight is 409 g/mol. The molecule has 2 amide bonds. The average Bonchev–Trinajstić information content (AvgIpc) is 2.67. The molecule has 0 aliphatic carbocycles. The number of nitrogens with zero attached hydrogens (tertiary/aromatic N) is 1. The number of nitrogens with one attached hydrogen (secondary N) is 2. The van der Waals surface area contributed by atoms with E-state index in [1.54, 1.807) is 29.2 Å². The van der Waals surface area contributed by atoms with E-state index in [-0.39, 0.29) is 24.7 Å². The second-order valence-corrected chi connectivity index (χ2v) is 6.19. The number of benzene rings is 2. The minimum Gasteiger partial charge on any atom is -0.477 e. The van der Waals surface area contributed by atoms with E-state index in [1.165, 1.54) is 19.2 Å². The van der Waals surface area contributed by atoms with Crippen molar-refractivity contribution in [2.24, 2.45) is 0 Å².